The highest BCUT2D eigenvalue weighted by atomic mass is 19.4. The van der Waals surface area contributed by atoms with E-state index in [1.807, 2.05) is 0 Å². The molecule has 5 heteroatoms. The van der Waals surface area contributed by atoms with E-state index in [9.17, 15) is 22.0 Å². The third-order valence-corrected chi connectivity index (χ3v) is 6.82. The van der Waals surface area contributed by atoms with Crippen LogP contribution in [0.3, 0.4) is 0 Å². The highest BCUT2D eigenvalue weighted by Gasteiger charge is 2.30. The SMILES string of the molecule is CC(C)CCCC1CCC(c2cc(F)c(CCc3ccc(C(F)(F)F)cc3)c(F)c2)CC1. The molecule has 0 spiro atoms. The zero-order valence-electron chi connectivity index (χ0n) is 18.9. The van der Waals surface area contributed by atoms with Crippen LogP contribution in [0.2, 0.25) is 0 Å². The molecule has 0 radical (unpaired) electrons. The molecule has 2 aromatic carbocycles. The number of benzene rings is 2. The molecule has 0 nitrogen and oxygen atoms in total. The molecule has 0 saturated heterocycles. The van der Waals surface area contributed by atoms with Crippen molar-refractivity contribution in [3.8, 4) is 0 Å². The lowest BCUT2D eigenvalue weighted by Crippen LogP contribution is -2.14. The largest absolute Gasteiger partial charge is 0.416 e. The first-order valence-corrected chi connectivity index (χ1v) is 11.8. The minimum atomic E-state index is -4.39. The highest BCUT2D eigenvalue weighted by molar-refractivity contribution is 5.31. The fraction of sp³-hybridized carbons (Fsp3) is 0.556. The molecular weight excluding hydrogens is 419 g/mol. The zero-order valence-corrected chi connectivity index (χ0v) is 18.9. The van der Waals surface area contributed by atoms with Crippen molar-refractivity contribution in [3.63, 3.8) is 0 Å². The molecule has 1 saturated carbocycles. The Hall–Kier alpha value is -1.91. The summed E-state index contributed by atoms with van der Waals surface area (Å²) in [5.74, 6) is 0.555. The average Bonchev–Trinajstić information content (AvgIpc) is 2.73. The van der Waals surface area contributed by atoms with E-state index in [4.69, 9.17) is 0 Å². The first-order valence-electron chi connectivity index (χ1n) is 11.8. The van der Waals surface area contributed by atoms with Crippen LogP contribution < -0.4 is 0 Å². The van der Waals surface area contributed by atoms with Gasteiger partial charge >= 0.3 is 6.18 Å². The lowest BCUT2D eigenvalue weighted by molar-refractivity contribution is -0.137. The molecule has 1 aliphatic carbocycles. The number of halogens is 5. The molecule has 0 N–H and O–H groups in total. The molecule has 0 unspecified atom stereocenters. The van der Waals surface area contributed by atoms with Gasteiger partial charge in [-0.15, -0.1) is 0 Å². The number of hydrogen-bond acceptors (Lipinski definition) is 0. The predicted molar refractivity (Wildman–Crippen MR) is 119 cm³/mol. The van der Waals surface area contributed by atoms with E-state index in [-0.39, 0.29) is 24.3 Å². The second-order valence-electron chi connectivity index (χ2n) is 9.70. The van der Waals surface area contributed by atoms with Crippen molar-refractivity contribution in [2.24, 2.45) is 11.8 Å². The standard InChI is InChI=1S/C27H33F5/c1-18(2)4-3-5-19-6-11-21(12-7-19)22-16-25(28)24(26(29)17-22)15-10-20-8-13-23(14-9-20)27(30,31)32/h8-9,13-14,16-19,21H,3-7,10-12,15H2,1-2H3. The Morgan fingerprint density at radius 1 is 0.875 bits per heavy atom. The van der Waals surface area contributed by atoms with E-state index < -0.39 is 23.4 Å². The molecular formula is C27H33F5. The summed E-state index contributed by atoms with van der Waals surface area (Å²) in [7, 11) is 0. The number of hydrogen-bond donors (Lipinski definition) is 0. The van der Waals surface area contributed by atoms with Gasteiger partial charge in [-0.3, -0.25) is 0 Å². The van der Waals surface area contributed by atoms with Crippen LogP contribution in [0.15, 0.2) is 36.4 Å². The van der Waals surface area contributed by atoms with Crippen molar-refractivity contribution in [3.05, 3.63) is 70.3 Å². The monoisotopic (exact) mass is 452 g/mol. The van der Waals surface area contributed by atoms with Gasteiger partial charge in [-0.1, -0.05) is 45.2 Å². The maximum Gasteiger partial charge on any atom is 0.416 e. The van der Waals surface area contributed by atoms with E-state index in [1.165, 1.54) is 43.5 Å². The lowest BCUT2D eigenvalue weighted by Gasteiger charge is -2.29. The molecule has 176 valence electrons. The van der Waals surface area contributed by atoms with Crippen molar-refractivity contribution in [1.29, 1.82) is 0 Å². The third-order valence-electron chi connectivity index (χ3n) is 6.82. The summed E-state index contributed by atoms with van der Waals surface area (Å²) in [5, 5.41) is 0. The van der Waals surface area contributed by atoms with Gasteiger partial charge in [-0.25, -0.2) is 8.78 Å². The van der Waals surface area contributed by atoms with E-state index in [1.54, 1.807) is 0 Å². The molecule has 3 rings (SSSR count). The molecule has 0 aromatic heterocycles. The summed E-state index contributed by atoms with van der Waals surface area (Å²) >= 11 is 0. The fourth-order valence-corrected chi connectivity index (χ4v) is 4.83. The van der Waals surface area contributed by atoms with Crippen LogP contribution in [0, 0.1) is 23.5 Å². The predicted octanol–water partition coefficient (Wildman–Crippen LogP) is 8.87. The van der Waals surface area contributed by atoms with E-state index in [0.29, 0.717) is 5.56 Å². The summed E-state index contributed by atoms with van der Waals surface area (Å²) < 4.78 is 67.5. The fourth-order valence-electron chi connectivity index (χ4n) is 4.83. The van der Waals surface area contributed by atoms with Crippen LogP contribution in [0.1, 0.15) is 87.0 Å². The molecule has 0 atom stereocenters. The topological polar surface area (TPSA) is 0 Å². The maximum atomic E-state index is 14.7. The molecule has 1 aliphatic rings. The Morgan fingerprint density at radius 3 is 2.00 bits per heavy atom. The normalized spacial score (nSPS) is 19.5. The van der Waals surface area contributed by atoms with Crippen molar-refractivity contribution in [1.82, 2.24) is 0 Å². The Kier molecular flexibility index (Phi) is 8.35. The third kappa shape index (κ3) is 6.79. The summed E-state index contributed by atoms with van der Waals surface area (Å²) in [6, 6.07) is 7.68. The summed E-state index contributed by atoms with van der Waals surface area (Å²) in [5.41, 5.74) is 0.643. The first-order chi connectivity index (χ1) is 15.1. The van der Waals surface area contributed by atoms with Crippen molar-refractivity contribution >= 4 is 0 Å². The van der Waals surface area contributed by atoms with Gasteiger partial charge in [0.15, 0.2) is 0 Å². The first kappa shape index (κ1) is 24.7. The van der Waals surface area contributed by atoms with Gasteiger partial charge in [-0.05, 0) is 91.7 Å². The van der Waals surface area contributed by atoms with Crippen LogP contribution in [0.25, 0.3) is 0 Å². The van der Waals surface area contributed by atoms with Crippen LogP contribution >= 0.6 is 0 Å². The van der Waals surface area contributed by atoms with Gasteiger partial charge in [0.05, 0.1) is 5.56 Å². The minimum absolute atomic E-state index is 0.0102. The Morgan fingerprint density at radius 2 is 1.47 bits per heavy atom. The lowest BCUT2D eigenvalue weighted by atomic mass is 9.76. The summed E-state index contributed by atoms with van der Waals surface area (Å²) in [6.45, 7) is 4.49. The van der Waals surface area contributed by atoms with Gasteiger partial charge in [0.1, 0.15) is 11.6 Å². The Labute approximate surface area is 188 Å². The summed E-state index contributed by atoms with van der Waals surface area (Å²) in [6.07, 6.45) is 3.93. The second-order valence-corrected chi connectivity index (χ2v) is 9.70. The van der Waals surface area contributed by atoms with Gasteiger partial charge in [-0.2, -0.15) is 13.2 Å². The smallest absolute Gasteiger partial charge is 0.207 e. The van der Waals surface area contributed by atoms with Crippen molar-refractivity contribution in [2.45, 2.75) is 83.7 Å². The van der Waals surface area contributed by atoms with Gasteiger partial charge in [0.2, 0.25) is 0 Å². The second kappa shape index (κ2) is 10.8. The number of alkyl halides is 3. The Bertz CT molecular complexity index is 836. The van der Waals surface area contributed by atoms with E-state index in [2.05, 4.69) is 13.8 Å². The zero-order chi connectivity index (χ0) is 23.3. The molecule has 2 aromatic rings. The van der Waals surface area contributed by atoms with E-state index in [0.717, 1.165) is 55.2 Å². The van der Waals surface area contributed by atoms with Crippen molar-refractivity contribution in [2.75, 3.05) is 0 Å². The molecule has 0 heterocycles. The van der Waals surface area contributed by atoms with E-state index >= 15 is 0 Å². The maximum absolute atomic E-state index is 14.7. The molecule has 32 heavy (non-hydrogen) atoms. The van der Waals surface area contributed by atoms with Crippen LogP contribution in [0.4, 0.5) is 22.0 Å². The van der Waals surface area contributed by atoms with Crippen LogP contribution in [0.5, 0.6) is 0 Å². The molecule has 0 bridgehead atoms. The summed E-state index contributed by atoms with van der Waals surface area (Å²) in [4.78, 5) is 0. The molecule has 0 amide bonds. The van der Waals surface area contributed by atoms with Crippen molar-refractivity contribution < 1.29 is 22.0 Å². The van der Waals surface area contributed by atoms with Crippen LogP contribution in [-0.4, -0.2) is 0 Å². The quantitative estimate of drug-likeness (QED) is 0.351. The molecule has 1 fully saturated rings. The Balaban J connectivity index is 1.56. The molecule has 0 aliphatic heterocycles. The van der Waals surface area contributed by atoms with Gasteiger partial charge < -0.3 is 0 Å². The van der Waals surface area contributed by atoms with Crippen LogP contribution in [-0.2, 0) is 19.0 Å². The minimum Gasteiger partial charge on any atom is -0.207 e. The van der Waals surface area contributed by atoms with Gasteiger partial charge in [0.25, 0.3) is 0 Å². The highest BCUT2D eigenvalue weighted by Crippen LogP contribution is 2.39. The van der Waals surface area contributed by atoms with Gasteiger partial charge in [0, 0.05) is 5.56 Å². The number of rotatable bonds is 8. The average molecular weight is 453 g/mol. The number of aryl methyl sites for hydroxylation is 1.